The maximum absolute atomic E-state index is 12.9. The van der Waals surface area contributed by atoms with E-state index < -0.39 is 15.9 Å². The number of hydrogen-bond acceptors (Lipinski definition) is 5. The molecule has 0 spiro atoms. The van der Waals surface area contributed by atoms with E-state index in [0.717, 1.165) is 21.5 Å². The van der Waals surface area contributed by atoms with Gasteiger partial charge in [-0.1, -0.05) is 35.0 Å². The topological polar surface area (TPSA) is 89.8 Å². The van der Waals surface area contributed by atoms with Gasteiger partial charge in [0.05, 0.1) is 28.3 Å². The Balaban J connectivity index is 1.60. The first-order chi connectivity index (χ1) is 16.8. The number of carbonyl (C=O) groups excluding carboxylic acids is 1. The molecule has 35 heavy (non-hydrogen) atoms. The maximum atomic E-state index is 12.9. The van der Waals surface area contributed by atoms with Crippen LogP contribution in [0.1, 0.15) is 22.8 Å². The highest BCUT2D eigenvalue weighted by Gasteiger charge is 2.15. The lowest BCUT2D eigenvalue weighted by Crippen LogP contribution is -2.16. The predicted molar refractivity (Wildman–Crippen MR) is 138 cm³/mol. The highest BCUT2D eigenvalue weighted by Crippen LogP contribution is 2.24. The van der Waals surface area contributed by atoms with Crippen molar-refractivity contribution in [1.82, 2.24) is 4.57 Å². The van der Waals surface area contributed by atoms with Gasteiger partial charge in [0.2, 0.25) is 0 Å². The van der Waals surface area contributed by atoms with Gasteiger partial charge in [-0.3, -0.25) is 9.52 Å². The minimum Gasteiger partial charge on any atom is -0.494 e. The van der Waals surface area contributed by atoms with Crippen molar-refractivity contribution in [2.45, 2.75) is 25.3 Å². The summed E-state index contributed by atoms with van der Waals surface area (Å²) in [6.45, 7) is 4.61. The molecule has 1 N–H and O–H groups in total. The zero-order chi connectivity index (χ0) is 25.0. The van der Waals surface area contributed by atoms with Crippen molar-refractivity contribution in [3.05, 3.63) is 82.7 Å². The first-order valence-corrected chi connectivity index (χ1v) is 13.1. The summed E-state index contributed by atoms with van der Waals surface area (Å²) in [6, 6.07) is 18.3. The second-order valence-electron chi connectivity index (χ2n) is 7.65. The van der Waals surface area contributed by atoms with E-state index in [9.17, 15) is 13.2 Å². The highest BCUT2D eigenvalue weighted by atomic mass is 32.2. The molecule has 1 amide bonds. The summed E-state index contributed by atoms with van der Waals surface area (Å²) in [5.74, 6) is 2.88. The molecule has 4 rings (SSSR count). The van der Waals surface area contributed by atoms with Crippen molar-refractivity contribution in [2.24, 2.45) is 4.99 Å². The Kier molecular flexibility index (Phi) is 7.05. The minimum absolute atomic E-state index is 0.161. The van der Waals surface area contributed by atoms with Crippen molar-refractivity contribution in [3.63, 3.8) is 0 Å². The van der Waals surface area contributed by atoms with Crippen LogP contribution in [0.4, 0.5) is 5.69 Å². The summed E-state index contributed by atoms with van der Waals surface area (Å²) in [6.07, 6.45) is 5.54. The molecule has 0 bridgehead atoms. The van der Waals surface area contributed by atoms with E-state index in [2.05, 4.69) is 15.6 Å². The smallest absolute Gasteiger partial charge is 0.279 e. The predicted octanol–water partition coefficient (Wildman–Crippen LogP) is 4.59. The number of carbonyl (C=O) groups is 1. The van der Waals surface area contributed by atoms with Crippen molar-refractivity contribution >= 4 is 43.2 Å². The number of fused-ring (bicyclic) bond motifs is 1. The molecule has 1 heterocycles. The summed E-state index contributed by atoms with van der Waals surface area (Å²) in [4.78, 5) is 17.8. The van der Waals surface area contributed by atoms with Gasteiger partial charge in [0.25, 0.3) is 15.9 Å². The molecule has 0 radical (unpaired) electrons. The molecule has 9 heteroatoms. The van der Waals surface area contributed by atoms with Crippen molar-refractivity contribution in [2.75, 3.05) is 11.3 Å². The van der Waals surface area contributed by atoms with Crippen LogP contribution in [-0.2, 0) is 16.6 Å². The lowest BCUT2D eigenvalue weighted by Gasteiger charge is -2.08. The van der Waals surface area contributed by atoms with E-state index >= 15 is 0 Å². The fraction of sp³-hybridized carbons (Fsp3) is 0.154. The normalized spacial score (nSPS) is 11.9. The Morgan fingerprint density at radius 3 is 2.49 bits per heavy atom. The number of nitrogens with zero attached hydrogens (tertiary/aromatic N) is 2. The number of benzene rings is 3. The van der Waals surface area contributed by atoms with Gasteiger partial charge in [-0.15, -0.1) is 6.42 Å². The SMILES string of the molecule is C#CCn1c(=NC(=O)c2ccc(NS(=O)(=O)c3ccc(C)cc3)cc2)sc2cc(OCC)ccc21. The zero-order valence-electron chi connectivity index (χ0n) is 19.2. The molecule has 0 atom stereocenters. The van der Waals surface area contributed by atoms with Crippen molar-refractivity contribution < 1.29 is 17.9 Å². The third-order valence-corrected chi connectivity index (χ3v) is 7.57. The number of ether oxygens (including phenoxy) is 1. The average Bonchev–Trinajstić information content (AvgIpc) is 3.16. The molecule has 0 aliphatic carbocycles. The molecule has 178 valence electrons. The average molecular weight is 506 g/mol. The number of hydrogen-bond donors (Lipinski definition) is 1. The third-order valence-electron chi connectivity index (χ3n) is 5.13. The number of terminal acetylenes is 1. The molecule has 3 aromatic carbocycles. The second kappa shape index (κ2) is 10.2. The van der Waals surface area contributed by atoms with Gasteiger partial charge in [-0.2, -0.15) is 4.99 Å². The number of thiazole rings is 1. The van der Waals surface area contributed by atoms with Gasteiger partial charge in [0, 0.05) is 11.3 Å². The second-order valence-corrected chi connectivity index (χ2v) is 10.3. The summed E-state index contributed by atoms with van der Waals surface area (Å²) in [5, 5.41) is 0. The van der Waals surface area contributed by atoms with Gasteiger partial charge < -0.3 is 9.30 Å². The van der Waals surface area contributed by atoms with Crippen LogP contribution < -0.4 is 14.3 Å². The first-order valence-electron chi connectivity index (χ1n) is 10.8. The quantitative estimate of drug-likeness (QED) is 0.372. The molecular formula is C26H23N3O4S2. The Morgan fingerprint density at radius 1 is 1.11 bits per heavy atom. The molecule has 0 saturated heterocycles. The van der Waals surface area contributed by atoms with Crippen molar-refractivity contribution in [3.8, 4) is 18.1 Å². The number of anilines is 1. The van der Waals surface area contributed by atoms with Crippen LogP contribution in [-0.4, -0.2) is 25.5 Å². The van der Waals surface area contributed by atoms with E-state index in [1.165, 1.54) is 35.6 Å². The van der Waals surface area contributed by atoms with Crippen molar-refractivity contribution in [1.29, 1.82) is 0 Å². The first kappa shape index (κ1) is 24.3. The Bertz CT molecular complexity index is 1590. The molecule has 0 unspecified atom stereocenters. The molecule has 7 nitrogen and oxygen atoms in total. The van der Waals surface area contributed by atoms with Gasteiger partial charge in [-0.05, 0) is 68.4 Å². The van der Waals surface area contributed by atoms with Gasteiger partial charge >= 0.3 is 0 Å². The maximum Gasteiger partial charge on any atom is 0.279 e. The Morgan fingerprint density at radius 2 is 1.83 bits per heavy atom. The number of aryl methyl sites for hydroxylation is 1. The fourth-order valence-electron chi connectivity index (χ4n) is 3.40. The van der Waals surface area contributed by atoms with Crippen LogP contribution in [0.15, 0.2) is 76.6 Å². The number of sulfonamides is 1. The molecule has 4 aromatic rings. The summed E-state index contributed by atoms with van der Waals surface area (Å²) in [7, 11) is -3.74. The lowest BCUT2D eigenvalue weighted by molar-refractivity contribution is 0.0998. The van der Waals surface area contributed by atoms with Gasteiger partial charge in [0.15, 0.2) is 4.80 Å². The zero-order valence-corrected chi connectivity index (χ0v) is 20.8. The molecular weight excluding hydrogens is 482 g/mol. The summed E-state index contributed by atoms with van der Waals surface area (Å²) in [5.41, 5.74) is 2.49. The standard InChI is InChI=1S/C26H23N3O4S2/c1-4-16-29-23-15-12-21(33-5-2)17-24(23)34-26(29)27-25(30)19-8-10-20(11-9-19)28-35(31,32)22-13-6-18(3)7-14-22/h1,6-15,17,28H,5,16H2,2-3H3. The van der Waals surface area contributed by atoms with Crippen LogP contribution in [0.3, 0.4) is 0 Å². The largest absolute Gasteiger partial charge is 0.494 e. The van der Waals surface area contributed by atoms with Crippen LogP contribution in [0, 0.1) is 19.3 Å². The summed E-state index contributed by atoms with van der Waals surface area (Å²) < 4.78 is 36.0. The molecule has 0 saturated carbocycles. The van der Waals surface area contributed by atoms with E-state index in [1.54, 1.807) is 28.8 Å². The fourth-order valence-corrected chi connectivity index (χ4v) is 5.52. The summed E-state index contributed by atoms with van der Waals surface area (Å²) >= 11 is 1.34. The van der Waals surface area contributed by atoms with E-state index in [4.69, 9.17) is 11.2 Å². The Hall–Kier alpha value is -3.87. The van der Waals surface area contributed by atoms with Crippen LogP contribution in [0.5, 0.6) is 5.75 Å². The number of amides is 1. The number of rotatable bonds is 7. The van der Waals surface area contributed by atoms with Crippen LogP contribution in [0.2, 0.25) is 0 Å². The van der Waals surface area contributed by atoms with E-state index in [1.807, 2.05) is 32.0 Å². The van der Waals surface area contributed by atoms with E-state index in [0.29, 0.717) is 22.7 Å². The number of aromatic nitrogens is 1. The van der Waals surface area contributed by atoms with Gasteiger partial charge in [-0.25, -0.2) is 8.42 Å². The Labute approximate surface area is 207 Å². The molecule has 1 aromatic heterocycles. The number of nitrogens with one attached hydrogen (secondary N) is 1. The van der Waals surface area contributed by atoms with Gasteiger partial charge in [0.1, 0.15) is 5.75 Å². The monoisotopic (exact) mass is 505 g/mol. The molecule has 0 aliphatic rings. The molecule has 0 aliphatic heterocycles. The molecule has 0 fully saturated rings. The minimum atomic E-state index is -3.74. The van der Waals surface area contributed by atoms with E-state index in [-0.39, 0.29) is 11.4 Å². The lowest BCUT2D eigenvalue weighted by atomic mass is 10.2. The van der Waals surface area contributed by atoms with Crippen LogP contribution in [0.25, 0.3) is 10.2 Å². The third kappa shape index (κ3) is 5.45. The van der Waals surface area contributed by atoms with Crippen LogP contribution >= 0.6 is 11.3 Å². The highest BCUT2D eigenvalue weighted by molar-refractivity contribution is 7.92.